The van der Waals surface area contributed by atoms with E-state index in [0.717, 1.165) is 12.8 Å². The zero-order chi connectivity index (χ0) is 12.9. The Morgan fingerprint density at radius 2 is 2.24 bits per heavy atom. The number of carbonyl (C=O) groups excluding carboxylic acids is 1. The van der Waals surface area contributed by atoms with E-state index in [2.05, 4.69) is 10.6 Å². The summed E-state index contributed by atoms with van der Waals surface area (Å²) in [6, 6.07) is -1.90. The minimum atomic E-state index is -1.29. The molecule has 2 amide bonds. The first-order valence-electron chi connectivity index (χ1n) is 5.47. The van der Waals surface area contributed by atoms with Crippen molar-refractivity contribution >= 4 is 12.0 Å². The molecular formula is C10H18N2O5. The summed E-state index contributed by atoms with van der Waals surface area (Å²) in [6.45, 7) is 2.26. The standard InChI is InChI=1S/C10H18N2O5/c1-10(3-2-4-17-6-10)12-9(16)11-7(5-13)8(14)15/h7,13H,2-6H2,1H3,(H,14,15)(H2,11,12,16)/t7-,10?/m1/s1. The number of nitrogens with one attached hydrogen (secondary N) is 2. The number of carbonyl (C=O) groups is 2. The summed E-state index contributed by atoms with van der Waals surface area (Å²) >= 11 is 0. The third-order valence-electron chi connectivity index (χ3n) is 2.64. The van der Waals surface area contributed by atoms with Gasteiger partial charge in [-0.15, -0.1) is 0 Å². The van der Waals surface area contributed by atoms with Gasteiger partial charge in [-0.2, -0.15) is 0 Å². The topological polar surface area (TPSA) is 108 Å². The van der Waals surface area contributed by atoms with Gasteiger partial charge in [-0.3, -0.25) is 0 Å². The van der Waals surface area contributed by atoms with Crippen LogP contribution >= 0.6 is 0 Å². The molecule has 0 radical (unpaired) electrons. The predicted molar refractivity (Wildman–Crippen MR) is 58.6 cm³/mol. The number of ether oxygens (including phenoxy) is 1. The molecule has 1 aliphatic rings. The van der Waals surface area contributed by atoms with Gasteiger partial charge in [-0.05, 0) is 19.8 Å². The summed E-state index contributed by atoms with van der Waals surface area (Å²) in [5, 5.41) is 22.3. The van der Waals surface area contributed by atoms with Crippen LogP contribution in [0.3, 0.4) is 0 Å². The van der Waals surface area contributed by atoms with Crippen LogP contribution in [0.25, 0.3) is 0 Å². The lowest BCUT2D eigenvalue weighted by molar-refractivity contribution is -0.140. The molecule has 0 aromatic carbocycles. The van der Waals surface area contributed by atoms with E-state index in [1.165, 1.54) is 0 Å². The monoisotopic (exact) mass is 246 g/mol. The Morgan fingerprint density at radius 3 is 2.71 bits per heavy atom. The highest BCUT2D eigenvalue weighted by Crippen LogP contribution is 2.17. The van der Waals surface area contributed by atoms with E-state index >= 15 is 0 Å². The second-order valence-electron chi connectivity index (χ2n) is 4.39. The molecule has 0 aromatic heterocycles. The van der Waals surface area contributed by atoms with Crippen molar-refractivity contribution in [1.82, 2.24) is 10.6 Å². The average molecular weight is 246 g/mol. The summed E-state index contributed by atoms with van der Waals surface area (Å²) in [5.41, 5.74) is -0.485. The number of aliphatic hydroxyl groups is 1. The minimum Gasteiger partial charge on any atom is -0.480 e. The summed E-state index contributed by atoms with van der Waals surface area (Å²) < 4.78 is 5.26. The van der Waals surface area contributed by atoms with Gasteiger partial charge >= 0.3 is 12.0 Å². The van der Waals surface area contributed by atoms with Crippen molar-refractivity contribution in [2.75, 3.05) is 19.8 Å². The molecule has 7 nitrogen and oxygen atoms in total. The molecule has 1 unspecified atom stereocenters. The Bertz CT molecular complexity index is 288. The first-order valence-corrected chi connectivity index (χ1v) is 5.47. The molecule has 1 fully saturated rings. The summed E-state index contributed by atoms with van der Waals surface area (Å²) in [7, 11) is 0. The maximum Gasteiger partial charge on any atom is 0.328 e. The van der Waals surface area contributed by atoms with Crippen LogP contribution in [0.1, 0.15) is 19.8 Å². The number of aliphatic carboxylic acids is 1. The third-order valence-corrected chi connectivity index (χ3v) is 2.64. The Balaban J connectivity index is 2.45. The zero-order valence-corrected chi connectivity index (χ0v) is 9.73. The molecule has 0 saturated carbocycles. The van der Waals surface area contributed by atoms with Crippen molar-refractivity contribution in [3.05, 3.63) is 0 Å². The Kier molecular flexibility index (Phi) is 4.71. The molecule has 0 aliphatic carbocycles. The quantitative estimate of drug-likeness (QED) is 0.524. The van der Waals surface area contributed by atoms with Crippen molar-refractivity contribution in [2.45, 2.75) is 31.3 Å². The van der Waals surface area contributed by atoms with Crippen molar-refractivity contribution < 1.29 is 24.5 Å². The number of urea groups is 1. The van der Waals surface area contributed by atoms with Crippen LogP contribution in [-0.2, 0) is 9.53 Å². The fourth-order valence-corrected chi connectivity index (χ4v) is 1.69. The van der Waals surface area contributed by atoms with Crippen LogP contribution in [0, 0.1) is 0 Å². The van der Waals surface area contributed by atoms with E-state index in [9.17, 15) is 9.59 Å². The number of aliphatic hydroxyl groups excluding tert-OH is 1. The van der Waals surface area contributed by atoms with Gasteiger partial charge in [-0.1, -0.05) is 0 Å². The molecule has 0 bridgehead atoms. The number of carboxylic acids is 1. The molecule has 4 N–H and O–H groups in total. The lowest BCUT2D eigenvalue weighted by atomic mass is 9.95. The molecule has 1 rings (SSSR count). The van der Waals surface area contributed by atoms with Crippen LogP contribution < -0.4 is 10.6 Å². The smallest absolute Gasteiger partial charge is 0.328 e. The van der Waals surface area contributed by atoms with Crippen molar-refractivity contribution in [2.24, 2.45) is 0 Å². The molecule has 1 aliphatic heterocycles. The van der Waals surface area contributed by atoms with Crippen molar-refractivity contribution in [3.8, 4) is 0 Å². The van der Waals surface area contributed by atoms with Crippen LogP contribution in [0.5, 0.6) is 0 Å². The van der Waals surface area contributed by atoms with Gasteiger partial charge in [0.05, 0.1) is 18.8 Å². The normalized spacial score (nSPS) is 26.0. The van der Waals surface area contributed by atoms with Gasteiger partial charge in [0.2, 0.25) is 0 Å². The van der Waals surface area contributed by atoms with E-state index in [-0.39, 0.29) is 0 Å². The lowest BCUT2D eigenvalue weighted by Gasteiger charge is -2.34. The summed E-state index contributed by atoms with van der Waals surface area (Å²) in [4.78, 5) is 22.1. The SMILES string of the molecule is CC1(NC(=O)N[C@H](CO)C(=O)O)CCCOC1. The number of rotatable bonds is 4. The minimum absolute atomic E-state index is 0.400. The maximum absolute atomic E-state index is 11.5. The molecule has 1 heterocycles. The molecular weight excluding hydrogens is 228 g/mol. The second kappa shape index (κ2) is 5.83. The van der Waals surface area contributed by atoms with Gasteiger partial charge in [0.15, 0.2) is 6.04 Å². The molecule has 0 aromatic rings. The van der Waals surface area contributed by atoms with E-state index in [4.69, 9.17) is 14.9 Å². The van der Waals surface area contributed by atoms with Crippen molar-refractivity contribution in [3.63, 3.8) is 0 Å². The molecule has 98 valence electrons. The molecule has 0 spiro atoms. The van der Waals surface area contributed by atoms with Gasteiger partial charge < -0.3 is 25.6 Å². The second-order valence-corrected chi connectivity index (χ2v) is 4.39. The Hall–Kier alpha value is -1.34. The Morgan fingerprint density at radius 1 is 1.53 bits per heavy atom. The van der Waals surface area contributed by atoms with E-state index in [1.54, 1.807) is 0 Å². The lowest BCUT2D eigenvalue weighted by Crippen LogP contribution is -2.57. The largest absolute Gasteiger partial charge is 0.480 e. The van der Waals surface area contributed by atoms with Crippen molar-refractivity contribution in [1.29, 1.82) is 0 Å². The van der Waals surface area contributed by atoms with E-state index in [0.29, 0.717) is 13.2 Å². The van der Waals surface area contributed by atoms with Gasteiger partial charge in [-0.25, -0.2) is 9.59 Å². The van der Waals surface area contributed by atoms with Gasteiger partial charge in [0, 0.05) is 6.61 Å². The van der Waals surface area contributed by atoms with E-state index in [1.807, 2.05) is 6.92 Å². The van der Waals surface area contributed by atoms with Crippen LogP contribution in [0.2, 0.25) is 0 Å². The zero-order valence-electron chi connectivity index (χ0n) is 9.73. The number of hydrogen-bond donors (Lipinski definition) is 4. The number of hydrogen-bond acceptors (Lipinski definition) is 4. The first-order chi connectivity index (χ1) is 7.97. The van der Waals surface area contributed by atoms with Crippen LogP contribution in [-0.4, -0.2) is 53.6 Å². The molecule has 17 heavy (non-hydrogen) atoms. The fourth-order valence-electron chi connectivity index (χ4n) is 1.69. The number of carboxylic acid groups (broad SMARTS) is 1. The first kappa shape index (κ1) is 13.7. The van der Waals surface area contributed by atoms with Crippen LogP contribution in [0.15, 0.2) is 0 Å². The molecule has 7 heteroatoms. The fraction of sp³-hybridized carbons (Fsp3) is 0.800. The number of amides is 2. The van der Waals surface area contributed by atoms with Gasteiger partial charge in [0.25, 0.3) is 0 Å². The highest BCUT2D eigenvalue weighted by atomic mass is 16.5. The van der Waals surface area contributed by atoms with E-state index < -0.39 is 30.2 Å². The average Bonchev–Trinajstić information content (AvgIpc) is 2.25. The highest BCUT2D eigenvalue weighted by molar-refractivity contribution is 5.82. The third kappa shape index (κ3) is 4.20. The molecule has 2 atom stereocenters. The summed E-state index contributed by atoms with van der Waals surface area (Å²) in [6.07, 6.45) is 1.62. The molecule has 1 saturated heterocycles. The highest BCUT2D eigenvalue weighted by Gasteiger charge is 2.30. The summed E-state index contributed by atoms with van der Waals surface area (Å²) in [5.74, 6) is -1.27. The predicted octanol–water partition coefficient (Wildman–Crippen LogP) is -0.700. The van der Waals surface area contributed by atoms with Crippen LogP contribution in [0.4, 0.5) is 4.79 Å². The van der Waals surface area contributed by atoms with Gasteiger partial charge in [0.1, 0.15) is 0 Å². The Labute approximate surface area is 99.1 Å². The maximum atomic E-state index is 11.5.